The fourth-order valence-corrected chi connectivity index (χ4v) is 3.44. The Hall–Kier alpha value is -4.20. The van der Waals surface area contributed by atoms with Crippen molar-refractivity contribution in [3.8, 4) is 22.8 Å². The first-order valence-electron chi connectivity index (χ1n) is 10.6. The van der Waals surface area contributed by atoms with Gasteiger partial charge in [-0.15, -0.1) is 0 Å². The number of ether oxygens (including phenoxy) is 1. The lowest BCUT2D eigenvalue weighted by Gasteiger charge is -2.13. The standard InChI is InChI=1S/C25H25N5O3/c1-16(2)30-11-5-6-21(25(30)32)24(31)28-22-8-7-19(12-17(22)3)33-20-9-10-26-23(13-20)18-14-27-29(4)15-18/h5-16H,1-4H3,(H,28,31). The summed E-state index contributed by atoms with van der Waals surface area (Å²) >= 11 is 0. The fourth-order valence-electron chi connectivity index (χ4n) is 3.44. The zero-order valence-electron chi connectivity index (χ0n) is 18.9. The van der Waals surface area contributed by atoms with Crippen LogP contribution in [0.5, 0.6) is 11.5 Å². The molecule has 0 radical (unpaired) electrons. The molecule has 33 heavy (non-hydrogen) atoms. The molecule has 1 amide bonds. The van der Waals surface area contributed by atoms with Crippen LogP contribution < -0.4 is 15.6 Å². The monoisotopic (exact) mass is 443 g/mol. The summed E-state index contributed by atoms with van der Waals surface area (Å²) in [5, 5.41) is 7.00. The van der Waals surface area contributed by atoms with Gasteiger partial charge in [-0.3, -0.25) is 19.3 Å². The number of hydrogen-bond donors (Lipinski definition) is 1. The molecule has 0 aliphatic rings. The SMILES string of the molecule is Cc1cc(Oc2ccnc(-c3cnn(C)c3)c2)ccc1NC(=O)c1cccn(C(C)C)c1=O. The van der Waals surface area contributed by atoms with Gasteiger partial charge in [0.15, 0.2) is 0 Å². The molecule has 4 aromatic rings. The third-order valence-corrected chi connectivity index (χ3v) is 5.19. The molecule has 3 heterocycles. The van der Waals surface area contributed by atoms with Crippen LogP contribution in [0.3, 0.4) is 0 Å². The molecule has 0 fully saturated rings. The van der Waals surface area contributed by atoms with Crippen molar-refractivity contribution in [1.29, 1.82) is 0 Å². The molecule has 0 atom stereocenters. The second-order valence-electron chi connectivity index (χ2n) is 8.04. The van der Waals surface area contributed by atoms with Gasteiger partial charge in [-0.2, -0.15) is 5.10 Å². The topological polar surface area (TPSA) is 91.0 Å². The average molecular weight is 444 g/mol. The lowest BCUT2D eigenvalue weighted by Crippen LogP contribution is -2.29. The Kier molecular flexibility index (Phi) is 6.08. The van der Waals surface area contributed by atoms with Gasteiger partial charge in [-0.05, 0) is 62.7 Å². The summed E-state index contributed by atoms with van der Waals surface area (Å²) in [5.74, 6) is 0.816. The van der Waals surface area contributed by atoms with E-state index in [1.807, 2.05) is 46.1 Å². The number of aryl methyl sites for hydroxylation is 2. The van der Waals surface area contributed by atoms with Crippen LogP contribution in [-0.4, -0.2) is 25.2 Å². The molecule has 0 bridgehead atoms. The van der Waals surface area contributed by atoms with Gasteiger partial charge in [0, 0.05) is 49.0 Å². The zero-order chi connectivity index (χ0) is 23.5. The van der Waals surface area contributed by atoms with E-state index < -0.39 is 5.91 Å². The number of nitrogens with one attached hydrogen (secondary N) is 1. The summed E-state index contributed by atoms with van der Waals surface area (Å²) in [6.07, 6.45) is 7.00. The van der Waals surface area contributed by atoms with Gasteiger partial charge in [0.05, 0.1) is 11.9 Å². The number of carbonyl (C=O) groups is 1. The number of pyridine rings is 2. The van der Waals surface area contributed by atoms with Gasteiger partial charge >= 0.3 is 0 Å². The number of amides is 1. The summed E-state index contributed by atoms with van der Waals surface area (Å²) in [7, 11) is 1.85. The molecular weight excluding hydrogens is 418 g/mol. The lowest BCUT2D eigenvalue weighted by molar-refractivity contribution is 0.102. The van der Waals surface area contributed by atoms with E-state index in [0.29, 0.717) is 17.2 Å². The van der Waals surface area contributed by atoms with Crippen molar-refractivity contribution in [3.05, 3.63) is 88.7 Å². The molecule has 168 valence electrons. The predicted molar refractivity (Wildman–Crippen MR) is 127 cm³/mol. The van der Waals surface area contributed by atoms with Crippen LogP contribution in [0.4, 0.5) is 5.69 Å². The van der Waals surface area contributed by atoms with E-state index in [2.05, 4.69) is 15.4 Å². The minimum Gasteiger partial charge on any atom is -0.457 e. The van der Waals surface area contributed by atoms with Crippen molar-refractivity contribution < 1.29 is 9.53 Å². The smallest absolute Gasteiger partial charge is 0.263 e. The third-order valence-electron chi connectivity index (χ3n) is 5.19. The van der Waals surface area contributed by atoms with Gasteiger partial charge in [0.1, 0.15) is 17.1 Å². The molecule has 3 aromatic heterocycles. The summed E-state index contributed by atoms with van der Waals surface area (Å²) in [5.41, 5.74) is 2.86. The predicted octanol–water partition coefficient (Wildman–Crippen LogP) is 4.58. The van der Waals surface area contributed by atoms with Crippen LogP contribution in [0, 0.1) is 6.92 Å². The molecule has 1 N–H and O–H groups in total. The molecule has 0 spiro atoms. The second kappa shape index (κ2) is 9.12. The maximum Gasteiger partial charge on any atom is 0.263 e. The Bertz CT molecular complexity index is 1370. The maximum atomic E-state index is 12.7. The zero-order valence-corrected chi connectivity index (χ0v) is 18.9. The highest BCUT2D eigenvalue weighted by atomic mass is 16.5. The Balaban J connectivity index is 1.51. The molecule has 0 unspecified atom stereocenters. The van der Waals surface area contributed by atoms with Crippen molar-refractivity contribution in [2.24, 2.45) is 7.05 Å². The van der Waals surface area contributed by atoms with E-state index in [1.165, 1.54) is 10.6 Å². The van der Waals surface area contributed by atoms with Crippen molar-refractivity contribution in [2.45, 2.75) is 26.8 Å². The first kappa shape index (κ1) is 22.0. The van der Waals surface area contributed by atoms with Crippen molar-refractivity contribution in [2.75, 3.05) is 5.32 Å². The van der Waals surface area contributed by atoms with E-state index in [1.54, 1.807) is 47.5 Å². The Morgan fingerprint density at radius 1 is 1.12 bits per heavy atom. The van der Waals surface area contributed by atoms with E-state index in [0.717, 1.165) is 16.8 Å². The average Bonchev–Trinajstić information content (AvgIpc) is 3.22. The lowest BCUT2D eigenvalue weighted by atomic mass is 10.1. The minimum atomic E-state index is -0.443. The summed E-state index contributed by atoms with van der Waals surface area (Å²) in [6, 6.07) is 12.2. The minimum absolute atomic E-state index is 0.0322. The number of hydrogen-bond acceptors (Lipinski definition) is 5. The van der Waals surface area contributed by atoms with Crippen molar-refractivity contribution in [1.82, 2.24) is 19.3 Å². The molecule has 8 heteroatoms. The molecular formula is C25H25N5O3. The van der Waals surface area contributed by atoms with Crippen molar-refractivity contribution >= 4 is 11.6 Å². The van der Waals surface area contributed by atoms with Gasteiger partial charge in [-0.25, -0.2) is 0 Å². The highest BCUT2D eigenvalue weighted by Crippen LogP contribution is 2.28. The largest absolute Gasteiger partial charge is 0.457 e. The van der Waals surface area contributed by atoms with Gasteiger partial charge in [0.2, 0.25) is 0 Å². The van der Waals surface area contributed by atoms with Gasteiger partial charge in [-0.1, -0.05) is 0 Å². The molecule has 0 saturated heterocycles. The Morgan fingerprint density at radius 3 is 2.61 bits per heavy atom. The fraction of sp³-hybridized carbons (Fsp3) is 0.200. The first-order chi connectivity index (χ1) is 15.8. The summed E-state index contributed by atoms with van der Waals surface area (Å²) < 4.78 is 9.25. The number of anilines is 1. The number of benzene rings is 1. The first-order valence-corrected chi connectivity index (χ1v) is 10.6. The van der Waals surface area contributed by atoms with Crippen LogP contribution in [0.15, 0.2) is 72.0 Å². The number of carbonyl (C=O) groups excluding carboxylic acids is 1. The molecule has 0 saturated carbocycles. The summed E-state index contributed by atoms with van der Waals surface area (Å²) in [6.45, 7) is 5.66. The normalized spacial score (nSPS) is 10.9. The third kappa shape index (κ3) is 4.85. The van der Waals surface area contributed by atoms with Crippen LogP contribution in [0.2, 0.25) is 0 Å². The quantitative estimate of drug-likeness (QED) is 0.471. The van der Waals surface area contributed by atoms with Crippen LogP contribution in [-0.2, 0) is 7.05 Å². The van der Waals surface area contributed by atoms with E-state index in [-0.39, 0.29) is 17.2 Å². The Labute approximate surface area is 191 Å². The van der Waals surface area contributed by atoms with E-state index in [9.17, 15) is 9.59 Å². The highest BCUT2D eigenvalue weighted by molar-refractivity contribution is 6.04. The van der Waals surface area contributed by atoms with Gasteiger partial charge < -0.3 is 14.6 Å². The molecule has 0 aliphatic carbocycles. The second-order valence-corrected chi connectivity index (χ2v) is 8.04. The van der Waals surface area contributed by atoms with E-state index >= 15 is 0 Å². The molecule has 8 nitrogen and oxygen atoms in total. The van der Waals surface area contributed by atoms with E-state index in [4.69, 9.17) is 4.74 Å². The molecule has 1 aromatic carbocycles. The number of aromatic nitrogens is 4. The number of rotatable bonds is 6. The summed E-state index contributed by atoms with van der Waals surface area (Å²) in [4.78, 5) is 29.7. The highest BCUT2D eigenvalue weighted by Gasteiger charge is 2.15. The molecule has 4 rings (SSSR count). The van der Waals surface area contributed by atoms with Gasteiger partial charge in [0.25, 0.3) is 11.5 Å². The Morgan fingerprint density at radius 2 is 1.91 bits per heavy atom. The maximum absolute atomic E-state index is 12.7. The number of nitrogens with zero attached hydrogens (tertiary/aromatic N) is 4. The van der Waals surface area contributed by atoms with Crippen LogP contribution in [0.25, 0.3) is 11.3 Å². The van der Waals surface area contributed by atoms with Crippen LogP contribution >= 0.6 is 0 Å². The van der Waals surface area contributed by atoms with Crippen LogP contribution in [0.1, 0.15) is 35.8 Å². The van der Waals surface area contributed by atoms with Crippen molar-refractivity contribution in [3.63, 3.8) is 0 Å². The molecule has 0 aliphatic heterocycles.